The molecule has 0 saturated heterocycles. The third-order valence-electron chi connectivity index (χ3n) is 2.93. The van der Waals surface area contributed by atoms with Crippen molar-refractivity contribution in [2.45, 2.75) is 38.2 Å². The fourth-order valence-corrected chi connectivity index (χ4v) is 2.44. The Morgan fingerprint density at radius 2 is 2.00 bits per heavy atom. The molecule has 0 aliphatic rings. The number of nitrogens with one attached hydrogen (secondary N) is 1. The van der Waals surface area contributed by atoms with Crippen LogP contribution in [0.5, 0.6) is 0 Å². The van der Waals surface area contributed by atoms with E-state index in [1.54, 1.807) is 0 Å². The van der Waals surface area contributed by atoms with Gasteiger partial charge in [-0.05, 0) is 12.0 Å². The number of benzene rings is 1. The van der Waals surface area contributed by atoms with Crippen molar-refractivity contribution in [2.75, 3.05) is 5.75 Å². The maximum atomic E-state index is 11.6. The molecule has 1 aromatic rings. The first kappa shape index (κ1) is 17.4. The second kappa shape index (κ2) is 9.28. The molecule has 0 unspecified atom stereocenters. The van der Waals surface area contributed by atoms with Crippen LogP contribution in [0.15, 0.2) is 30.3 Å². The number of rotatable bonds is 8. The van der Waals surface area contributed by atoms with Crippen LogP contribution in [0.25, 0.3) is 0 Å². The summed E-state index contributed by atoms with van der Waals surface area (Å²) < 4.78 is 5.02. The summed E-state index contributed by atoms with van der Waals surface area (Å²) in [5.74, 6) is -0.729. The predicted octanol–water partition coefficient (Wildman–Crippen LogP) is 2.90. The Labute approximate surface area is 129 Å². The molecule has 0 radical (unpaired) electrons. The lowest BCUT2D eigenvalue weighted by atomic mass is 10.2. The quantitative estimate of drug-likeness (QED) is 0.772. The Balaban J connectivity index is 2.40. The Morgan fingerprint density at radius 3 is 2.57 bits per heavy atom. The van der Waals surface area contributed by atoms with Crippen LogP contribution in [0, 0.1) is 0 Å². The molecule has 0 aromatic heterocycles. The smallest absolute Gasteiger partial charge is 0.408 e. The number of hydrogen-bond donors (Lipinski definition) is 2. The van der Waals surface area contributed by atoms with Gasteiger partial charge in [0.05, 0.1) is 0 Å². The predicted molar refractivity (Wildman–Crippen MR) is 83.4 cm³/mol. The van der Waals surface area contributed by atoms with E-state index in [-0.39, 0.29) is 6.61 Å². The van der Waals surface area contributed by atoms with Crippen LogP contribution in [0.1, 0.15) is 25.8 Å². The van der Waals surface area contributed by atoms with Gasteiger partial charge in [-0.1, -0.05) is 44.2 Å². The molecule has 2 atom stereocenters. The van der Waals surface area contributed by atoms with Gasteiger partial charge in [0.1, 0.15) is 12.6 Å². The van der Waals surface area contributed by atoms with Gasteiger partial charge in [-0.2, -0.15) is 11.8 Å². The highest BCUT2D eigenvalue weighted by atomic mass is 32.2. The summed E-state index contributed by atoms with van der Waals surface area (Å²) in [4.78, 5) is 22.8. The molecule has 0 aliphatic heterocycles. The number of carbonyl (C=O) groups excluding carboxylic acids is 1. The van der Waals surface area contributed by atoms with Crippen molar-refractivity contribution < 1.29 is 19.4 Å². The fourth-order valence-electron chi connectivity index (χ4n) is 1.46. The molecular formula is C15H21NO4S. The summed E-state index contributed by atoms with van der Waals surface area (Å²) in [5, 5.41) is 11.8. The summed E-state index contributed by atoms with van der Waals surface area (Å²) in [7, 11) is 0. The first-order valence-electron chi connectivity index (χ1n) is 6.84. The van der Waals surface area contributed by atoms with E-state index in [0.29, 0.717) is 11.0 Å². The molecule has 1 rings (SSSR count). The molecular weight excluding hydrogens is 290 g/mol. The fraction of sp³-hybridized carbons (Fsp3) is 0.467. The number of carbonyl (C=O) groups is 2. The third kappa shape index (κ3) is 7.04. The molecule has 0 saturated carbocycles. The number of carboxylic acid groups (broad SMARTS) is 1. The number of amides is 1. The van der Waals surface area contributed by atoms with Gasteiger partial charge in [-0.3, -0.25) is 0 Å². The first-order valence-corrected chi connectivity index (χ1v) is 7.89. The zero-order valence-electron chi connectivity index (χ0n) is 12.2. The molecule has 0 aliphatic carbocycles. The standard InChI is InChI=1S/C15H21NO4S/c1-3-11(2)21-10-13(14(17)18)16-15(19)20-9-12-7-5-4-6-8-12/h4-8,11,13H,3,9-10H2,1-2H3,(H,16,19)(H,17,18)/t11-,13-/m1/s1. The number of alkyl carbamates (subject to hydrolysis) is 1. The lowest BCUT2D eigenvalue weighted by Gasteiger charge is -2.16. The van der Waals surface area contributed by atoms with Gasteiger partial charge in [0.25, 0.3) is 0 Å². The normalized spacial score (nSPS) is 13.2. The van der Waals surface area contributed by atoms with Crippen LogP contribution >= 0.6 is 11.8 Å². The molecule has 1 amide bonds. The van der Waals surface area contributed by atoms with Gasteiger partial charge in [0.2, 0.25) is 0 Å². The highest BCUT2D eigenvalue weighted by Gasteiger charge is 2.21. The van der Waals surface area contributed by atoms with Crippen LogP contribution in [0.4, 0.5) is 4.79 Å². The Kier molecular flexibility index (Phi) is 7.68. The lowest BCUT2D eigenvalue weighted by Crippen LogP contribution is -2.43. The van der Waals surface area contributed by atoms with Gasteiger partial charge in [-0.15, -0.1) is 0 Å². The van der Waals surface area contributed by atoms with Gasteiger partial charge in [0, 0.05) is 11.0 Å². The van der Waals surface area contributed by atoms with Crippen molar-refractivity contribution in [3.05, 3.63) is 35.9 Å². The van der Waals surface area contributed by atoms with Crippen LogP contribution in [0.2, 0.25) is 0 Å². The number of ether oxygens (including phenoxy) is 1. The molecule has 0 spiro atoms. The average molecular weight is 311 g/mol. The third-order valence-corrected chi connectivity index (χ3v) is 4.35. The van der Waals surface area contributed by atoms with Gasteiger partial charge in [-0.25, -0.2) is 9.59 Å². The zero-order chi connectivity index (χ0) is 15.7. The maximum absolute atomic E-state index is 11.6. The number of thioether (sulfide) groups is 1. The Hall–Kier alpha value is -1.69. The molecule has 0 fully saturated rings. The van der Waals surface area contributed by atoms with Gasteiger partial charge < -0.3 is 15.2 Å². The summed E-state index contributed by atoms with van der Waals surface area (Å²) in [6.07, 6.45) is 0.242. The van der Waals surface area contributed by atoms with E-state index in [4.69, 9.17) is 9.84 Å². The summed E-state index contributed by atoms with van der Waals surface area (Å²) >= 11 is 1.52. The minimum atomic E-state index is -1.05. The van der Waals surface area contributed by atoms with E-state index in [1.165, 1.54) is 11.8 Å². The van der Waals surface area contributed by atoms with Crippen LogP contribution in [0.3, 0.4) is 0 Å². The van der Waals surface area contributed by atoms with Crippen LogP contribution in [-0.2, 0) is 16.1 Å². The van der Waals surface area contributed by atoms with Crippen molar-refractivity contribution in [3.8, 4) is 0 Å². The first-order chi connectivity index (χ1) is 10.0. The monoisotopic (exact) mass is 311 g/mol. The van der Waals surface area contributed by atoms with Gasteiger partial charge in [0.15, 0.2) is 0 Å². The van der Waals surface area contributed by atoms with E-state index in [1.807, 2.05) is 44.2 Å². The van der Waals surface area contributed by atoms with Crippen molar-refractivity contribution in [3.63, 3.8) is 0 Å². The summed E-state index contributed by atoms with van der Waals surface area (Å²) in [6.45, 7) is 4.18. The largest absolute Gasteiger partial charge is 0.480 e. The maximum Gasteiger partial charge on any atom is 0.408 e. The molecule has 2 N–H and O–H groups in total. The Morgan fingerprint density at radius 1 is 1.33 bits per heavy atom. The van der Waals surface area contributed by atoms with E-state index < -0.39 is 18.1 Å². The summed E-state index contributed by atoms with van der Waals surface area (Å²) in [5.41, 5.74) is 0.855. The second-order valence-corrected chi connectivity index (χ2v) is 6.12. The lowest BCUT2D eigenvalue weighted by molar-refractivity contribution is -0.138. The minimum Gasteiger partial charge on any atom is -0.480 e. The number of aliphatic carboxylic acids is 1. The molecule has 5 nitrogen and oxygen atoms in total. The van der Waals surface area contributed by atoms with Crippen LogP contribution < -0.4 is 5.32 Å². The van der Waals surface area contributed by atoms with Crippen molar-refractivity contribution in [2.24, 2.45) is 0 Å². The second-order valence-electron chi connectivity index (χ2n) is 4.65. The number of hydrogen-bond acceptors (Lipinski definition) is 4. The minimum absolute atomic E-state index is 0.123. The molecule has 0 heterocycles. The average Bonchev–Trinajstić information content (AvgIpc) is 2.49. The molecule has 6 heteroatoms. The van der Waals surface area contributed by atoms with Crippen LogP contribution in [-0.4, -0.2) is 34.2 Å². The molecule has 116 valence electrons. The zero-order valence-corrected chi connectivity index (χ0v) is 13.1. The molecule has 0 bridgehead atoms. The van der Waals surface area contributed by atoms with E-state index >= 15 is 0 Å². The SMILES string of the molecule is CC[C@@H](C)SC[C@@H](NC(=O)OCc1ccccc1)C(=O)O. The molecule has 1 aromatic carbocycles. The van der Waals surface area contributed by atoms with E-state index in [2.05, 4.69) is 5.32 Å². The van der Waals surface area contributed by atoms with Gasteiger partial charge >= 0.3 is 12.1 Å². The highest BCUT2D eigenvalue weighted by molar-refractivity contribution is 7.99. The topological polar surface area (TPSA) is 75.6 Å². The number of carboxylic acids is 1. The van der Waals surface area contributed by atoms with Crippen molar-refractivity contribution in [1.29, 1.82) is 0 Å². The Bertz CT molecular complexity index is 452. The van der Waals surface area contributed by atoms with E-state index in [9.17, 15) is 9.59 Å². The van der Waals surface area contributed by atoms with Crippen molar-refractivity contribution in [1.82, 2.24) is 5.32 Å². The summed E-state index contributed by atoms with van der Waals surface area (Å²) in [6, 6.07) is 8.29. The molecule has 21 heavy (non-hydrogen) atoms. The highest BCUT2D eigenvalue weighted by Crippen LogP contribution is 2.14. The van der Waals surface area contributed by atoms with E-state index in [0.717, 1.165) is 12.0 Å². The van der Waals surface area contributed by atoms with Crippen molar-refractivity contribution >= 4 is 23.8 Å².